The molecule has 0 spiro atoms. The zero-order chi connectivity index (χ0) is 15.0. The summed E-state index contributed by atoms with van der Waals surface area (Å²) in [5.41, 5.74) is 8.53. The van der Waals surface area contributed by atoms with Crippen molar-refractivity contribution in [2.24, 2.45) is 0 Å². The Labute approximate surface area is 125 Å². The molecule has 0 saturated heterocycles. The van der Waals surface area contributed by atoms with Gasteiger partial charge in [0, 0.05) is 12.7 Å². The van der Waals surface area contributed by atoms with Crippen LogP contribution in [0.1, 0.15) is 23.6 Å². The topological polar surface area (TPSA) is 63.4 Å². The highest BCUT2D eigenvalue weighted by atomic mass is 32.2. The molecular weight excluding hydrogens is 284 g/mol. The highest BCUT2D eigenvalue weighted by Crippen LogP contribution is 2.37. The summed E-state index contributed by atoms with van der Waals surface area (Å²) in [4.78, 5) is 0.281. The number of benzene rings is 2. The number of anilines is 1. The molecule has 0 fully saturated rings. The summed E-state index contributed by atoms with van der Waals surface area (Å²) in [6.07, 6.45) is 1.74. The third kappa shape index (κ3) is 2.43. The molecule has 1 atom stereocenters. The molecule has 5 heteroatoms. The third-order valence-corrected chi connectivity index (χ3v) is 5.98. The first-order valence-electron chi connectivity index (χ1n) is 6.91. The number of sulfonamides is 1. The van der Waals surface area contributed by atoms with Crippen molar-refractivity contribution in [1.29, 1.82) is 0 Å². The molecule has 0 saturated carbocycles. The van der Waals surface area contributed by atoms with Gasteiger partial charge in [0.05, 0.1) is 10.9 Å². The molecule has 0 aliphatic heterocycles. The van der Waals surface area contributed by atoms with Crippen molar-refractivity contribution in [2.45, 2.75) is 23.8 Å². The monoisotopic (exact) mass is 302 g/mol. The number of hydrogen-bond acceptors (Lipinski definition) is 3. The maximum Gasteiger partial charge on any atom is 0.243 e. The Bertz CT molecular complexity index is 754. The molecule has 0 amide bonds. The van der Waals surface area contributed by atoms with E-state index in [0.29, 0.717) is 5.69 Å². The Hall–Kier alpha value is -1.85. The second-order valence-corrected chi connectivity index (χ2v) is 7.34. The van der Waals surface area contributed by atoms with Crippen molar-refractivity contribution >= 4 is 15.7 Å². The van der Waals surface area contributed by atoms with E-state index in [4.69, 9.17) is 5.73 Å². The lowest BCUT2D eigenvalue weighted by Gasteiger charge is -2.24. The van der Waals surface area contributed by atoms with Crippen LogP contribution in [0, 0.1) is 0 Å². The normalized spacial score (nSPS) is 17.9. The lowest BCUT2D eigenvalue weighted by Crippen LogP contribution is -2.30. The SMILES string of the molecule is CN(C1CCc2ccccc21)S(=O)(=O)c1ccc(N)cc1. The van der Waals surface area contributed by atoms with Crippen LogP contribution >= 0.6 is 0 Å². The predicted molar refractivity (Wildman–Crippen MR) is 83.3 cm³/mol. The van der Waals surface area contributed by atoms with E-state index in [2.05, 4.69) is 6.07 Å². The summed E-state index contributed by atoms with van der Waals surface area (Å²) in [6.45, 7) is 0. The van der Waals surface area contributed by atoms with Gasteiger partial charge in [-0.2, -0.15) is 4.31 Å². The van der Waals surface area contributed by atoms with Crippen molar-refractivity contribution in [3.8, 4) is 0 Å². The second kappa shape index (κ2) is 5.16. The smallest absolute Gasteiger partial charge is 0.243 e. The molecule has 2 aromatic rings. The summed E-state index contributed by atoms with van der Waals surface area (Å²) in [6, 6.07) is 14.3. The minimum absolute atomic E-state index is 0.0937. The van der Waals surface area contributed by atoms with Crippen LogP contribution < -0.4 is 5.73 Å². The van der Waals surface area contributed by atoms with Gasteiger partial charge in [0.2, 0.25) is 10.0 Å². The number of nitrogen functional groups attached to an aromatic ring is 1. The van der Waals surface area contributed by atoms with Crippen LogP contribution in [0.15, 0.2) is 53.4 Å². The first-order valence-corrected chi connectivity index (χ1v) is 8.35. The molecule has 0 radical (unpaired) electrons. The Morgan fingerprint density at radius 2 is 1.76 bits per heavy atom. The average molecular weight is 302 g/mol. The summed E-state index contributed by atoms with van der Waals surface area (Å²) in [5, 5.41) is 0. The number of fused-ring (bicyclic) bond motifs is 1. The molecule has 0 bridgehead atoms. The molecule has 1 aliphatic rings. The zero-order valence-corrected chi connectivity index (χ0v) is 12.7. The van der Waals surface area contributed by atoms with Crippen molar-refractivity contribution in [2.75, 3.05) is 12.8 Å². The fourth-order valence-corrected chi connectivity index (χ4v) is 4.25. The van der Waals surface area contributed by atoms with E-state index >= 15 is 0 Å². The van der Waals surface area contributed by atoms with E-state index in [1.807, 2.05) is 18.2 Å². The summed E-state index contributed by atoms with van der Waals surface area (Å²) in [7, 11) is -1.85. The van der Waals surface area contributed by atoms with Gasteiger partial charge >= 0.3 is 0 Å². The molecule has 0 aromatic heterocycles. The Morgan fingerprint density at radius 1 is 1.10 bits per heavy atom. The molecule has 2 N–H and O–H groups in total. The molecule has 1 aliphatic carbocycles. The van der Waals surface area contributed by atoms with Crippen LogP contribution in [-0.2, 0) is 16.4 Å². The maximum atomic E-state index is 12.7. The van der Waals surface area contributed by atoms with Gasteiger partial charge in [-0.05, 0) is 48.2 Å². The van der Waals surface area contributed by atoms with Gasteiger partial charge in [0.25, 0.3) is 0 Å². The van der Waals surface area contributed by atoms with Gasteiger partial charge in [-0.25, -0.2) is 8.42 Å². The van der Waals surface area contributed by atoms with Crippen molar-refractivity contribution < 1.29 is 8.42 Å². The quantitative estimate of drug-likeness (QED) is 0.886. The fraction of sp³-hybridized carbons (Fsp3) is 0.250. The highest BCUT2D eigenvalue weighted by Gasteiger charge is 2.33. The Kier molecular flexibility index (Phi) is 3.47. The molecule has 0 heterocycles. The van der Waals surface area contributed by atoms with Crippen LogP contribution in [0.3, 0.4) is 0 Å². The van der Waals surface area contributed by atoms with E-state index in [9.17, 15) is 8.42 Å². The first kappa shape index (κ1) is 14.1. The van der Waals surface area contributed by atoms with Crippen LogP contribution in [-0.4, -0.2) is 19.8 Å². The number of nitrogens with zero attached hydrogens (tertiary/aromatic N) is 1. The fourth-order valence-electron chi connectivity index (χ4n) is 2.89. The molecule has 2 aromatic carbocycles. The summed E-state index contributed by atoms with van der Waals surface area (Å²) in [5.74, 6) is 0. The lowest BCUT2D eigenvalue weighted by molar-refractivity contribution is 0.374. The summed E-state index contributed by atoms with van der Waals surface area (Å²) < 4.78 is 26.9. The predicted octanol–water partition coefficient (Wildman–Crippen LogP) is 2.58. The van der Waals surface area contributed by atoms with E-state index in [0.717, 1.165) is 18.4 Å². The average Bonchev–Trinajstić information content (AvgIpc) is 2.90. The van der Waals surface area contributed by atoms with E-state index in [1.165, 1.54) is 9.87 Å². The molecule has 4 nitrogen and oxygen atoms in total. The molecular formula is C16H18N2O2S. The van der Waals surface area contributed by atoms with E-state index < -0.39 is 10.0 Å². The molecule has 110 valence electrons. The molecule has 3 rings (SSSR count). The number of nitrogens with two attached hydrogens (primary N) is 1. The Balaban J connectivity index is 1.95. The highest BCUT2D eigenvalue weighted by molar-refractivity contribution is 7.89. The van der Waals surface area contributed by atoms with Crippen LogP contribution in [0.4, 0.5) is 5.69 Å². The minimum atomic E-state index is -3.50. The minimum Gasteiger partial charge on any atom is -0.399 e. The Morgan fingerprint density at radius 3 is 2.48 bits per heavy atom. The molecule has 1 unspecified atom stereocenters. The van der Waals surface area contributed by atoms with Gasteiger partial charge in [0.15, 0.2) is 0 Å². The van der Waals surface area contributed by atoms with Crippen molar-refractivity contribution in [3.05, 3.63) is 59.7 Å². The third-order valence-electron chi connectivity index (χ3n) is 4.10. The van der Waals surface area contributed by atoms with Gasteiger partial charge in [0.1, 0.15) is 0 Å². The molecule has 21 heavy (non-hydrogen) atoms. The van der Waals surface area contributed by atoms with Crippen LogP contribution in [0.25, 0.3) is 0 Å². The number of aryl methyl sites for hydroxylation is 1. The standard InChI is InChI=1S/C16H18N2O2S/c1-18(16-11-6-12-4-2-3-5-15(12)16)21(19,20)14-9-7-13(17)8-10-14/h2-5,7-10,16H,6,11,17H2,1H3. The number of rotatable bonds is 3. The first-order chi connectivity index (χ1) is 10.00. The van der Waals surface area contributed by atoms with Crippen LogP contribution in [0.2, 0.25) is 0 Å². The zero-order valence-electron chi connectivity index (χ0n) is 11.9. The van der Waals surface area contributed by atoms with Crippen LogP contribution in [0.5, 0.6) is 0 Å². The van der Waals surface area contributed by atoms with Crippen molar-refractivity contribution in [3.63, 3.8) is 0 Å². The maximum absolute atomic E-state index is 12.7. The van der Waals surface area contributed by atoms with Gasteiger partial charge in [-0.1, -0.05) is 24.3 Å². The van der Waals surface area contributed by atoms with E-state index in [-0.39, 0.29) is 10.9 Å². The van der Waals surface area contributed by atoms with Gasteiger partial charge in [-0.3, -0.25) is 0 Å². The van der Waals surface area contributed by atoms with Crippen molar-refractivity contribution in [1.82, 2.24) is 4.31 Å². The summed E-state index contributed by atoms with van der Waals surface area (Å²) >= 11 is 0. The van der Waals surface area contributed by atoms with Gasteiger partial charge in [-0.15, -0.1) is 0 Å². The van der Waals surface area contributed by atoms with Gasteiger partial charge < -0.3 is 5.73 Å². The number of hydrogen-bond donors (Lipinski definition) is 1. The second-order valence-electron chi connectivity index (χ2n) is 5.34. The largest absolute Gasteiger partial charge is 0.399 e. The van der Waals surface area contributed by atoms with E-state index in [1.54, 1.807) is 31.3 Å². The lowest BCUT2D eigenvalue weighted by atomic mass is 10.1.